The standard InChI is InChI=1S/C21H27FN4O5/c1-3-14-8-10-21(11-9-14)19(29)26(20(30)23-21)12-17(27)24-25-18(28)13(2)31-16-6-4-15(22)5-7-16/h4-7,13-14H,3,8-12H2,1-2H3,(H,23,30)(H,24,27)(H,25,28)/t13-,14?,21?/m0/s1. The first-order chi connectivity index (χ1) is 14.7. The van der Waals surface area contributed by atoms with E-state index in [0.717, 1.165) is 24.2 Å². The van der Waals surface area contributed by atoms with Gasteiger partial charge in [-0.25, -0.2) is 9.18 Å². The van der Waals surface area contributed by atoms with Crippen LogP contribution in [-0.2, 0) is 14.4 Å². The van der Waals surface area contributed by atoms with Crippen molar-refractivity contribution in [2.24, 2.45) is 5.92 Å². The van der Waals surface area contributed by atoms with Crippen LogP contribution in [0.2, 0.25) is 0 Å². The number of carbonyl (C=O) groups excluding carboxylic acids is 4. The van der Waals surface area contributed by atoms with Gasteiger partial charge in [-0.15, -0.1) is 0 Å². The van der Waals surface area contributed by atoms with Gasteiger partial charge in [-0.1, -0.05) is 13.3 Å². The third kappa shape index (κ3) is 5.12. The molecule has 3 N–H and O–H groups in total. The number of amides is 5. The van der Waals surface area contributed by atoms with Crippen LogP contribution >= 0.6 is 0 Å². The monoisotopic (exact) mass is 434 g/mol. The van der Waals surface area contributed by atoms with Crippen molar-refractivity contribution in [3.8, 4) is 5.75 Å². The molecule has 31 heavy (non-hydrogen) atoms. The fraction of sp³-hybridized carbons (Fsp3) is 0.524. The summed E-state index contributed by atoms with van der Waals surface area (Å²) in [7, 11) is 0. The van der Waals surface area contributed by atoms with E-state index in [4.69, 9.17) is 4.74 Å². The molecule has 2 aliphatic rings. The second-order valence-corrected chi connectivity index (χ2v) is 8.01. The van der Waals surface area contributed by atoms with Crippen LogP contribution in [0.1, 0.15) is 46.0 Å². The highest BCUT2D eigenvalue weighted by Gasteiger charge is 2.52. The smallest absolute Gasteiger partial charge is 0.325 e. The Bertz CT molecular complexity index is 852. The molecule has 2 fully saturated rings. The maximum atomic E-state index is 12.9. The van der Waals surface area contributed by atoms with Crippen LogP contribution < -0.4 is 20.9 Å². The van der Waals surface area contributed by atoms with Crippen LogP contribution in [0, 0.1) is 11.7 Å². The minimum absolute atomic E-state index is 0.290. The molecule has 9 nitrogen and oxygen atoms in total. The average molecular weight is 434 g/mol. The van der Waals surface area contributed by atoms with Crippen molar-refractivity contribution in [3.63, 3.8) is 0 Å². The summed E-state index contributed by atoms with van der Waals surface area (Å²) in [5, 5.41) is 2.76. The van der Waals surface area contributed by atoms with Gasteiger partial charge < -0.3 is 10.1 Å². The Balaban J connectivity index is 1.48. The fourth-order valence-electron chi connectivity index (χ4n) is 3.92. The predicted octanol–water partition coefficient (Wildman–Crippen LogP) is 1.63. The van der Waals surface area contributed by atoms with E-state index in [2.05, 4.69) is 23.1 Å². The highest BCUT2D eigenvalue weighted by Crippen LogP contribution is 2.37. The Morgan fingerprint density at radius 1 is 1.23 bits per heavy atom. The van der Waals surface area contributed by atoms with E-state index in [0.29, 0.717) is 18.8 Å². The molecule has 0 unspecified atom stereocenters. The van der Waals surface area contributed by atoms with Crippen LogP contribution in [0.4, 0.5) is 9.18 Å². The van der Waals surface area contributed by atoms with E-state index < -0.39 is 47.8 Å². The molecule has 1 atom stereocenters. The van der Waals surface area contributed by atoms with Gasteiger partial charge in [-0.05, 0) is 62.8 Å². The molecular formula is C21H27FN4O5. The van der Waals surface area contributed by atoms with Crippen LogP contribution in [-0.4, -0.2) is 46.8 Å². The molecule has 1 saturated carbocycles. The lowest BCUT2D eigenvalue weighted by Gasteiger charge is -2.34. The molecule has 1 aliphatic heterocycles. The lowest BCUT2D eigenvalue weighted by Crippen LogP contribution is -2.52. The zero-order chi connectivity index (χ0) is 22.6. The van der Waals surface area contributed by atoms with Crippen molar-refractivity contribution in [2.45, 2.75) is 57.6 Å². The van der Waals surface area contributed by atoms with Gasteiger partial charge in [0.05, 0.1) is 0 Å². The zero-order valence-electron chi connectivity index (χ0n) is 17.6. The van der Waals surface area contributed by atoms with Gasteiger partial charge >= 0.3 is 6.03 Å². The summed E-state index contributed by atoms with van der Waals surface area (Å²) in [6.45, 7) is 3.06. The summed E-state index contributed by atoms with van der Waals surface area (Å²) in [6.07, 6.45) is 2.88. The van der Waals surface area contributed by atoms with Crippen molar-refractivity contribution in [2.75, 3.05) is 6.54 Å². The molecule has 1 saturated heterocycles. The number of nitrogens with zero attached hydrogens (tertiary/aromatic N) is 1. The van der Waals surface area contributed by atoms with Gasteiger partial charge in [-0.2, -0.15) is 0 Å². The largest absolute Gasteiger partial charge is 0.481 e. The van der Waals surface area contributed by atoms with Crippen molar-refractivity contribution in [1.82, 2.24) is 21.1 Å². The van der Waals surface area contributed by atoms with Crippen molar-refractivity contribution in [1.29, 1.82) is 0 Å². The Morgan fingerprint density at radius 3 is 2.48 bits per heavy atom. The number of benzene rings is 1. The highest BCUT2D eigenvalue weighted by atomic mass is 19.1. The number of urea groups is 1. The first-order valence-corrected chi connectivity index (χ1v) is 10.4. The number of hydrazine groups is 1. The number of hydrogen-bond acceptors (Lipinski definition) is 5. The van der Waals surface area contributed by atoms with E-state index in [1.165, 1.54) is 31.2 Å². The van der Waals surface area contributed by atoms with E-state index >= 15 is 0 Å². The Hall–Kier alpha value is -3.17. The third-order valence-electron chi connectivity index (χ3n) is 5.90. The van der Waals surface area contributed by atoms with Crippen molar-refractivity contribution in [3.05, 3.63) is 30.1 Å². The van der Waals surface area contributed by atoms with Crippen molar-refractivity contribution >= 4 is 23.8 Å². The number of ether oxygens (including phenoxy) is 1. The summed E-state index contributed by atoms with van der Waals surface area (Å²) in [5.41, 5.74) is 3.45. The Morgan fingerprint density at radius 2 is 1.87 bits per heavy atom. The minimum atomic E-state index is -0.973. The molecule has 1 aromatic carbocycles. The molecule has 10 heteroatoms. The van der Waals surface area contributed by atoms with Crippen LogP contribution in [0.25, 0.3) is 0 Å². The molecule has 168 valence electrons. The van der Waals surface area contributed by atoms with Crippen LogP contribution in [0.5, 0.6) is 5.75 Å². The summed E-state index contributed by atoms with van der Waals surface area (Å²) in [6, 6.07) is 4.54. The maximum absolute atomic E-state index is 12.9. The zero-order valence-corrected chi connectivity index (χ0v) is 17.6. The molecule has 1 aliphatic carbocycles. The van der Waals surface area contributed by atoms with Crippen LogP contribution in [0.15, 0.2) is 24.3 Å². The van der Waals surface area contributed by atoms with E-state index in [9.17, 15) is 23.6 Å². The molecule has 0 bridgehead atoms. The van der Waals surface area contributed by atoms with Gasteiger partial charge in [-0.3, -0.25) is 30.1 Å². The number of halogens is 1. The van der Waals surface area contributed by atoms with Gasteiger partial charge in [0.25, 0.3) is 17.7 Å². The summed E-state index contributed by atoms with van der Waals surface area (Å²) in [4.78, 5) is 50.3. The second-order valence-electron chi connectivity index (χ2n) is 8.01. The van der Waals surface area contributed by atoms with Crippen LogP contribution in [0.3, 0.4) is 0 Å². The molecule has 0 radical (unpaired) electrons. The molecule has 1 spiro atoms. The van der Waals surface area contributed by atoms with Crippen molar-refractivity contribution < 1.29 is 28.3 Å². The number of carbonyl (C=O) groups is 4. The number of rotatable bonds is 6. The minimum Gasteiger partial charge on any atom is -0.481 e. The number of hydrogen-bond donors (Lipinski definition) is 3. The van der Waals surface area contributed by atoms with Gasteiger partial charge in [0, 0.05) is 0 Å². The summed E-state index contributed by atoms with van der Waals surface area (Å²) >= 11 is 0. The highest BCUT2D eigenvalue weighted by molar-refractivity contribution is 6.09. The fourth-order valence-corrected chi connectivity index (χ4v) is 3.92. The Kier molecular flexibility index (Phi) is 6.77. The van der Waals surface area contributed by atoms with E-state index in [1.54, 1.807) is 0 Å². The molecule has 1 heterocycles. The second kappa shape index (κ2) is 9.32. The molecule has 1 aromatic rings. The lowest BCUT2D eigenvalue weighted by atomic mass is 9.75. The maximum Gasteiger partial charge on any atom is 0.325 e. The number of imide groups is 1. The normalized spacial score (nSPS) is 24.0. The average Bonchev–Trinajstić information content (AvgIpc) is 2.98. The summed E-state index contributed by atoms with van der Waals surface area (Å²) < 4.78 is 18.3. The van der Waals surface area contributed by atoms with Gasteiger partial charge in [0.1, 0.15) is 23.7 Å². The quantitative estimate of drug-likeness (QED) is 0.465. The molecule has 3 rings (SSSR count). The topological polar surface area (TPSA) is 117 Å². The number of nitrogens with one attached hydrogen (secondary N) is 3. The SMILES string of the molecule is CCC1CCC2(CC1)NC(=O)N(CC(=O)NNC(=O)[C@H](C)Oc1ccc(F)cc1)C2=O. The predicted molar refractivity (Wildman–Crippen MR) is 108 cm³/mol. The third-order valence-corrected chi connectivity index (χ3v) is 5.90. The molecule has 5 amide bonds. The van der Waals surface area contributed by atoms with Gasteiger partial charge in [0.2, 0.25) is 0 Å². The first kappa shape index (κ1) is 22.5. The Labute approximate surface area is 179 Å². The lowest BCUT2D eigenvalue weighted by molar-refractivity contribution is -0.137. The van der Waals surface area contributed by atoms with E-state index in [1.807, 2.05) is 0 Å². The first-order valence-electron chi connectivity index (χ1n) is 10.4. The summed E-state index contributed by atoms with van der Waals surface area (Å²) in [5.74, 6) is -1.37. The van der Waals surface area contributed by atoms with Gasteiger partial charge in [0.15, 0.2) is 6.10 Å². The van der Waals surface area contributed by atoms with E-state index in [-0.39, 0.29) is 5.75 Å². The molecular weight excluding hydrogens is 407 g/mol. The molecule has 0 aromatic heterocycles.